The zero-order chi connectivity index (χ0) is 22.2. The number of anilines is 3. The van der Waals surface area contributed by atoms with E-state index in [9.17, 15) is 4.79 Å². The van der Waals surface area contributed by atoms with Crippen molar-refractivity contribution in [2.45, 2.75) is 12.8 Å². The number of carbonyl (C=O) groups excluding carboxylic acids is 1. The molecular formula is C25H22N4O3S. The fraction of sp³-hybridized carbons (Fsp3) is 0.240. The van der Waals surface area contributed by atoms with E-state index in [1.807, 2.05) is 41.8 Å². The molecule has 2 aromatic heterocycles. The largest absolute Gasteiger partial charge is 0.437 e. The minimum absolute atomic E-state index is 0.120. The predicted molar refractivity (Wildman–Crippen MR) is 129 cm³/mol. The Kier molecular flexibility index (Phi) is 5.16. The first-order valence-corrected chi connectivity index (χ1v) is 11.9. The van der Waals surface area contributed by atoms with Crippen molar-refractivity contribution in [3.8, 4) is 11.6 Å². The van der Waals surface area contributed by atoms with Gasteiger partial charge in [0, 0.05) is 30.9 Å². The Morgan fingerprint density at radius 3 is 2.70 bits per heavy atom. The van der Waals surface area contributed by atoms with Crippen molar-refractivity contribution >= 4 is 44.7 Å². The summed E-state index contributed by atoms with van der Waals surface area (Å²) in [5, 5.41) is 6.09. The van der Waals surface area contributed by atoms with Crippen molar-refractivity contribution in [3.05, 3.63) is 65.0 Å². The second-order valence-electron chi connectivity index (χ2n) is 8.08. The van der Waals surface area contributed by atoms with Gasteiger partial charge in [-0.2, -0.15) is 4.98 Å². The van der Waals surface area contributed by atoms with E-state index in [1.54, 1.807) is 0 Å². The van der Waals surface area contributed by atoms with E-state index in [2.05, 4.69) is 32.3 Å². The minimum Gasteiger partial charge on any atom is -0.437 e. The number of thiophene rings is 1. The summed E-state index contributed by atoms with van der Waals surface area (Å²) >= 11 is 1.53. The number of ketones is 1. The fourth-order valence-corrected chi connectivity index (χ4v) is 5.09. The summed E-state index contributed by atoms with van der Waals surface area (Å²) in [5.74, 6) is 1.58. The summed E-state index contributed by atoms with van der Waals surface area (Å²) in [7, 11) is 0. The summed E-state index contributed by atoms with van der Waals surface area (Å²) in [4.78, 5) is 24.8. The number of nitrogens with one attached hydrogen (secondary N) is 1. The molecule has 0 amide bonds. The lowest BCUT2D eigenvalue weighted by atomic mass is 10.1. The van der Waals surface area contributed by atoms with Crippen molar-refractivity contribution in [1.29, 1.82) is 0 Å². The van der Waals surface area contributed by atoms with Crippen LogP contribution in [0.5, 0.6) is 11.6 Å². The van der Waals surface area contributed by atoms with Gasteiger partial charge in [-0.15, -0.1) is 11.3 Å². The number of aryl methyl sites for hydroxylation is 1. The molecule has 3 heterocycles. The second-order valence-corrected chi connectivity index (χ2v) is 8.97. The lowest BCUT2D eigenvalue weighted by Gasteiger charge is -2.28. The Hall–Kier alpha value is -3.49. The van der Waals surface area contributed by atoms with E-state index < -0.39 is 0 Å². The van der Waals surface area contributed by atoms with Crippen LogP contribution in [0.2, 0.25) is 0 Å². The van der Waals surface area contributed by atoms with Gasteiger partial charge in [0.15, 0.2) is 5.78 Å². The van der Waals surface area contributed by atoms with Gasteiger partial charge in [0.25, 0.3) is 0 Å². The maximum absolute atomic E-state index is 12.4. The van der Waals surface area contributed by atoms with Crippen LogP contribution < -0.4 is 15.0 Å². The number of rotatable bonds is 5. The Bertz CT molecular complexity index is 1330. The van der Waals surface area contributed by atoms with Crippen molar-refractivity contribution in [2.75, 3.05) is 36.5 Å². The van der Waals surface area contributed by atoms with Gasteiger partial charge in [0.1, 0.15) is 10.6 Å². The smallest absolute Gasteiger partial charge is 0.232 e. The molecule has 1 aliphatic carbocycles. The first-order chi connectivity index (χ1) is 16.2. The molecule has 166 valence electrons. The molecule has 1 saturated heterocycles. The monoisotopic (exact) mass is 458 g/mol. The van der Waals surface area contributed by atoms with Crippen LogP contribution in [0, 0.1) is 0 Å². The maximum atomic E-state index is 12.4. The number of hydrogen-bond donors (Lipinski definition) is 1. The molecule has 2 aromatic carbocycles. The molecular weight excluding hydrogens is 436 g/mol. The van der Waals surface area contributed by atoms with Crippen molar-refractivity contribution in [2.24, 2.45) is 0 Å². The van der Waals surface area contributed by atoms with Crippen LogP contribution >= 0.6 is 11.3 Å². The average molecular weight is 459 g/mol. The Labute approximate surface area is 195 Å². The number of benzene rings is 2. The number of Topliss-reactive ketones (excluding diaryl/α,β-unsaturated/α-hetero) is 1. The summed E-state index contributed by atoms with van der Waals surface area (Å²) in [6.45, 7) is 3.32. The molecule has 2 aliphatic rings. The molecule has 0 unspecified atom stereocenters. The van der Waals surface area contributed by atoms with Crippen LogP contribution in [0.3, 0.4) is 0 Å². The van der Waals surface area contributed by atoms with E-state index in [4.69, 9.17) is 9.47 Å². The van der Waals surface area contributed by atoms with Gasteiger partial charge in [0.05, 0.1) is 24.2 Å². The van der Waals surface area contributed by atoms with Crippen molar-refractivity contribution in [3.63, 3.8) is 0 Å². The fourth-order valence-electron chi connectivity index (χ4n) is 4.33. The molecule has 7 nitrogen and oxygen atoms in total. The minimum atomic E-state index is 0.120. The molecule has 1 N–H and O–H groups in total. The highest BCUT2D eigenvalue weighted by Crippen LogP contribution is 2.37. The molecule has 8 heteroatoms. The zero-order valence-electron chi connectivity index (χ0n) is 17.9. The number of carbonyl (C=O) groups is 1. The molecule has 1 aliphatic heterocycles. The zero-order valence-corrected chi connectivity index (χ0v) is 18.7. The summed E-state index contributed by atoms with van der Waals surface area (Å²) < 4.78 is 11.7. The quantitative estimate of drug-likeness (QED) is 0.441. The van der Waals surface area contributed by atoms with Gasteiger partial charge in [0.2, 0.25) is 11.8 Å². The molecule has 33 heavy (non-hydrogen) atoms. The molecule has 6 rings (SSSR count). The van der Waals surface area contributed by atoms with Gasteiger partial charge in [-0.05, 0) is 53.8 Å². The van der Waals surface area contributed by atoms with Crippen LogP contribution in [-0.4, -0.2) is 42.1 Å². The van der Waals surface area contributed by atoms with E-state index in [1.165, 1.54) is 17.0 Å². The third kappa shape index (κ3) is 3.92. The van der Waals surface area contributed by atoms with Gasteiger partial charge in [-0.3, -0.25) is 4.79 Å². The molecule has 0 spiro atoms. The SMILES string of the molecule is O=C1CCc2cccc(Oc3nc(Nc4ccc(N5CCOCC5)cc4)nc4sccc34)c21. The van der Waals surface area contributed by atoms with Crippen molar-refractivity contribution in [1.82, 2.24) is 9.97 Å². The van der Waals surface area contributed by atoms with Crippen LogP contribution in [0.15, 0.2) is 53.9 Å². The lowest BCUT2D eigenvalue weighted by molar-refractivity contribution is 0.0992. The van der Waals surface area contributed by atoms with E-state index in [-0.39, 0.29) is 5.78 Å². The first kappa shape index (κ1) is 20.1. The van der Waals surface area contributed by atoms with Gasteiger partial charge in [-0.1, -0.05) is 12.1 Å². The number of aromatic nitrogens is 2. The van der Waals surface area contributed by atoms with E-state index >= 15 is 0 Å². The summed E-state index contributed by atoms with van der Waals surface area (Å²) in [5.41, 5.74) is 3.77. The third-order valence-corrected chi connectivity index (χ3v) is 6.82. The van der Waals surface area contributed by atoms with Crippen LogP contribution in [0.25, 0.3) is 10.2 Å². The summed E-state index contributed by atoms with van der Waals surface area (Å²) in [6.07, 6.45) is 1.29. The van der Waals surface area contributed by atoms with E-state index in [0.29, 0.717) is 29.6 Å². The topological polar surface area (TPSA) is 76.6 Å². The molecule has 1 fully saturated rings. The Balaban J connectivity index is 1.28. The second kappa shape index (κ2) is 8.46. The lowest BCUT2D eigenvalue weighted by Crippen LogP contribution is -2.36. The normalized spacial score (nSPS) is 15.6. The highest BCUT2D eigenvalue weighted by molar-refractivity contribution is 7.16. The number of hydrogen-bond acceptors (Lipinski definition) is 8. The first-order valence-electron chi connectivity index (χ1n) is 11.0. The molecule has 0 radical (unpaired) electrons. The number of ether oxygens (including phenoxy) is 2. The molecule has 0 bridgehead atoms. The van der Waals surface area contributed by atoms with Crippen LogP contribution in [0.1, 0.15) is 22.3 Å². The van der Waals surface area contributed by atoms with Crippen LogP contribution in [0.4, 0.5) is 17.3 Å². The third-order valence-electron chi connectivity index (χ3n) is 6.01. The number of fused-ring (bicyclic) bond motifs is 2. The molecule has 4 aromatic rings. The van der Waals surface area contributed by atoms with Gasteiger partial charge < -0.3 is 19.7 Å². The molecule has 0 atom stereocenters. The average Bonchev–Trinajstić information content (AvgIpc) is 3.48. The summed E-state index contributed by atoms with van der Waals surface area (Å²) in [6, 6.07) is 15.9. The van der Waals surface area contributed by atoms with Gasteiger partial charge in [-0.25, -0.2) is 4.98 Å². The Morgan fingerprint density at radius 2 is 1.85 bits per heavy atom. The van der Waals surface area contributed by atoms with Crippen molar-refractivity contribution < 1.29 is 14.3 Å². The highest BCUT2D eigenvalue weighted by atomic mass is 32.1. The Morgan fingerprint density at radius 1 is 1.00 bits per heavy atom. The maximum Gasteiger partial charge on any atom is 0.232 e. The predicted octanol–water partition coefficient (Wildman–Crippen LogP) is 5.19. The molecule has 0 saturated carbocycles. The number of morpholine rings is 1. The highest BCUT2D eigenvalue weighted by Gasteiger charge is 2.25. The van der Waals surface area contributed by atoms with E-state index in [0.717, 1.165) is 54.2 Å². The van der Waals surface area contributed by atoms with Gasteiger partial charge >= 0.3 is 0 Å². The standard InChI is InChI=1S/C25H22N4O3S/c30-20-9-4-16-2-1-3-21(22(16)20)32-23-19-10-15-33-24(19)28-25(27-23)26-17-5-7-18(8-6-17)29-11-13-31-14-12-29/h1-3,5-8,10,15H,4,9,11-14H2,(H,26,27,28). The van der Waals surface area contributed by atoms with Crippen LogP contribution in [-0.2, 0) is 11.2 Å². The number of nitrogens with zero attached hydrogens (tertiary/aromatic N) is 3.